The van der Waals surface area contributed by atoms with Gasteiger partial charge in [0.05, 0.1) is 46.3 Å². The maximum atomic E-state index is 14.0. The second kappa shape index (κ2) is 25.4. The Labute approximate surface area is 605 Å². The summed E-state index contributed by atoms with van der Waals surface area (Å²) in [6.07, 6.45) is 15.5. The van der Waals surface area contributed by atoms with Crippen molar-refractivity contribution in [2.45, 2.75) is 303 Å². The highest BCUT2D eigenvalue weighted by Gasteiger charge is 2.87. The zero-order chi connectivity index (χ0) is 74.0. The number of carbonyl (C=O) groups excluding carboxylic acids is 8. The second-order valence-corrected chi connectivity index (χ2v) is 35.5. The summed E-state index contributed by atoms with van der Waals surface area (Å²) in [5, 5.41) is 84.2. The highest BCUT2D eigenvalue weighted by molar-refractivity contribution is 8.00. The Morgan fingerprint density at radius 1 is 0.660 bits per heavy atom. The van der Waals surface area contributed by atoms with Crippen LogP contribution in [0, 0.1) is 45.3 Å². The smallest absolute Gasteiger partial charge is 0.419 e. The number of alkyl carbamates (subject to hydrolysis) is 1. The fourth-order valence-electron chi connectivity index (χ4n) is 23.2. The average molecular weight is 1450 g/mol. The maximum Gasteiger partial charge on any atom is 0.419 e. The van der Waals surface area contributed by atoms with Gasteiger partial charge < -0.3 is 75.0 Å². The summed E-state index contributed by atoms with van der Waals surface area (Å²) in [6, 6.07) is 0.348. The molecule has 8 aliphatic carbocycles. The van der Waals surface area contributed by atoms with Crippen LogP contribution in [0.15, 0.2) is 65.3 Å². The molecule has 0 aromatic carbocycles. The minimum Gasteiger partial charge on any atom is -0.455 e. The first-order chi connectivity index (χ1) is 48.4. The van der Waals surface area contributed by atoms with Crippen molar-refractivity contribution in [3.8, 4) is 0 Å². The Bertz CT molecular complexity index is 3820. The molecule has 26 heteroatoms. The van der Waals surface area contributed by atoms with E-state index < -0.39 is 139 Å². The number of hydrogen-bond acceptors (Lipinski definition) is 22. The number of hydrogen-bond donors (Lipinski definition) is 9. The molecular formula is C77H105N5O20S. The molecule has 25 nitrogen and oxygen atoms in total. The fourth-order valence-corrected chi connectivity index (χ4v) is 24.7. The number of ketones is 3. The molecule has 9 unspecified atom stereocenters. The maximum absolute atomic E-state index is 14.0. The molecule has 1 aromatic rings. The Hall–Kier alpha value is -5.84. The van der Waals surface area contributed by atoms with E-state index >= 15 is 0 Å². The van der Waals surface area contributed by atoms with Crippen LogP contribution in [0.2, 0.25) is 0 Å². The topological polar surface area (TPSA) is 374 Å². The number of thioether (sulfide) groups is 1. The lowest BCUT2D eigenvalue weighted by molar-refractivity contribution is -0.283. The average Bonchev–Trinajstić information content (AvgIpc) is 1.49. The normalized spacial score (nSPS) is 45.3. The van der Waals surface area contributed by atoms with E-state index in [9.17, 15) is 69.0 Å². The molecule has 564 valence electrons. The second-order valence-electron chi connectivity index (χ2n) is 34.3. The van der Waals surface area contributed by atoms with Gasteiger partial charge in [0.2, 0.25) is 0 Å². The number of nitrogens with zero attached hydrogens (tertiary/aromatic N) is 2. The van der Waals surface area contributed by atoms with Gasteiger partial charge in [0.15, 0.2) is 23.8 Å². The van der Waals surface area contributed by atoms with Gasteiger partial charge in [0.25, 0.3) is 0 Å². The molecule has 4 saturated heterocycles. The molecule has 25 atom stereocenters. The van der Waals surface area contributed by atoms with Gasteiger partial charge in [0, 0.05) is 77.6 Å². The van der Waals surface area contributed by atoms with E-state index in [1.54, 1.807) is 26.0 Å². The number of imidazole rings is 1. The number of carbonyl (C=O) groups is 8. The van der Waals surface area contributed by atoms with Gasteiger partial charge in [-0.25, -0.2) is 33.5 Å². The van der Waals surface area contributed by atoms with E-state index in [0.717, 1.165) is 61.8 Å². The lowest BCUT2D eigenvalue weighted by Gasteiger charge is -2.63. The van der Waals surface area contributed by atoms with Crippen LogP contribution in [0.4, 0.5) is 14.4 Å². The van der Waals surface area contributed by atoms with E-state index in [2.05, 4.69) is 20.9 Å². The van der Waals surface area contributed by atoms with Crippen molar-refractivity contribution in [3.05, 3.63) is 65.3 Å². The summed E-state index contributed by atoms with van der Waals surface area (Å²) >= 11 is 1.90. The summed E-state index contributed by atoms with van der Waals surface area (Å²) in [7, 11) is 0. The molecule has 7 heterocycles. The van der Waals surface area contributed by atoms with Crippen LogP contribution in [-0.4, -0.2) is 199 Å². The fraction of sp³-hybridized carbons (Fsp3) is 0.753. The molecule has 0 bridgehead atoms. The predicted molar refractivity (Wildman–Crippen MR) is 371 cm³/mol. The summed E-state index contributed by atoms with van der Waals surface area (Å²) in [4.78, 5) is 107. The van der Waals surface area contributed by atoms with E-state index in [4.69, 9.17) is 28.4 Å². The van der Waals surface area contributed by atoms with Crippen LogP contribution in [0.3, 0.4) is 0 Å². The number of urea groups is 1. The summed E-state index contributed by atoms with van der Waals surface area (Å²) in [6.45, 7) is 17.8. The quantitative estimate of drug-likeness (QED) is 0.0228. The Balaban J connectivity index is 0.000000184. The SMILES string of the molecule is CC1=C(C)C(=O)OC([C@](C)(O)[C@]2(O)CC[C@@]3(O)C4C[C@H]5O[C@]56[C@@H](OC(=O)NCCCCCCC(=O)CCCCC5SCC7NC(=O)NC75)C=CC(=O)[C@]6(C)C4CC[C@]23C)C1.CC1=C(C)C(=O)OC([C@](C)(O)[C@]2(O)CC[C@@]3(O)C4C[C@H]5O[C@]56[C@@H](OC(=O)n5ccnc5)C=CC(=O)[C@]6(C)C4CC[C@]23C)C1. The van der Waals surface area contributed by atoms with Crippen molar-refractivity contribution in [1.82, 2.24) is 25.5 Å². The number of Topliss-reactive ketones (excluding diaryl/α,β-unsaturated/α-hetero) is 1. The number of rotatable bonds is 18. The lowest BCUT2D eigenvalue weighted by Crippen LogP contribution is -2.73. The van der Waals surface area contributed by atoms with Gasteiger partial charge >= 0.3 is 30.2 Å². The van der Waals surface area contributed by atoms with Gasteiger partial charge in [0.1, 0.15) is 57.9 Å². The number of fused-ring (bicyclic) bond motifs is 9. The minimum atomic E-state index is -1.88. The zero-order valence-corrected chi connectivity index (χ0v) is 61.8. The van der Waals surface area contributed by atoms with Crippen molar-refractivity contribution in [2.24, 2.45) is 45.3 Å². The van der Waals surface area contributed by atoms with E-state index in [0.29, 0.717) is 74.3 Å². The summed E-state index contributed by atoms with van der Waals surface area (Å²) < 4.78 is 37.3. The molecule has 9 N–H and O–H groups in total. The van der Waals surface area contributed by atoms with Gasteiger partial charge in [-0.15, -0.1) is 0 Å². The molecular weight excluding hydrogens is 1350 g/mol. The first-order valence-electron chi connectivity index (χ1n) is 37.7. The van der Waals surface area contributed by atoms with Crippen molar-refractivity contribution < 1.29 is 97.4 Å². The molecule has 2 spiro atoms. The van der Waals surface area contributed by atoms with Crippen LogP contribution in [0.5, 0.6) is 0 Å². The first-order valence-corrected chi connectivity index (χ1v) is 38.7. The molecule has 3 amide bonds. The van der Waals surface area contributed by atoms with Crippen LogP contribution >= 0.6 is 11.8 Å². The van der Waals surface area contributed by atoms with Gasteiger partial charge in [-0.1, -0.05) is 44.3 Å². The Morgan fingerprint density at radius 2 is 1.16 bits per heavy atom. The molecule has 103 heavy (non-hydrogen) atoms. The number of nitrogens with one attached hydrogen (secondary N) is 3. The third kappa shape index (κ3) is 10.5. The predicted octanol–water partition coefficient (Wildman–Crippen LogP) is 7.32. The van der Waals surface area contributed by atoms with Crippen molar-refractivity contribution in [3.63, 3.8) is 0 Å². The van der Waals surface area contributed by atoms with Crippen molar-refractivity contribution >= 4 is 59.3 Å². The number of amides is 3. The third-order valence-electron chi connectivity index (χ3n) is 30.1. The summed E-state index contributed by atoms with van der Waals surface area (Å²) in [5.74, 6) is -1.66. The largest absolute Gasteiger partial charge is 0.455 e. The van der Waals surface area contributed by atoms with Crippen molar-refractivity contribution in [2.75, 3.05) is 12.3 Å². The molecule has 14 aliphatic rings. The van der Waals surface area contributed by atoms with Gasteiger partial charge in [-0.2, -0.15) is 11.8 Å². The standard InChI is InChI=1S/C45H65N3O11S.C32H40N2O9/c1-25-22-34(57-37(51)26(25)2)42(5,54)44(56)20-19-43(55)29-23-35-45(59-35)33(16-15-32(50)41(45,4)28(29)17-18-40(43,44)3)58-39(53)46-21-11-7-6-8-12-27(49)13-9-10-14-31-36-30(24-60-31)47-38(52)48-36;1-17-14-23(41-25(36)18(17)2)29(5,38)31(40)11-10-30(39)20-15-24-32(43-24)22(42-26(37)34-13-12-33-16-34)7-6-21(35)28(32,4)19(20)8-9-27(30,31)3/h15-16,28-31,33-36,54-56H,6-14,17-24H2,1-5H3,(H,46,53)(H2,47,48,52);6-7,12-13,16,19-20,22-24,38-40H,8-11,14-15H2,1-5H3/t28?,29?,30?,31?,33-,34?,35+,36?,40-,41-,42-,43+,44-,45+;19?,20?,22-,23?,24+,27-,28-,29-,30+,31-,32+/m00/s1. The minimum absolute atomic E-state index is 0.0739. The molecule has 10 fully saturated rings. The Kier molecular flexibility index (Phi) is 18.3. The number of epoxide rings is 2. The van der Waals surface area contributed by atoms with Crippen molar-refractivity contribution in [1.29, 1.82) is 0 Å². The summed E-state index contributed by atoms with van der Waals surface area (Å²) in [5.41, 5.74) is -14.4. The monoisotopic (exact) mass is 1450 g/mol. The number of cyclic esters (lactones) is 2. The number of esters is 2. The zero-order valence-electron chi connectivity index (χ0n) is 61.0. The first kappa shape index (κ1) is 74.0. The van der Waals surface area contributed by atoms with E-state index in [1.807, 2.05) is 53.3 Å². The van der Waals surface area contributed by atoms with Crippen LogP contribution in [0.25, 0.3) is 0 Å². The van der Waals surface area contributed by atoms with E-state index in [1.165, 1.54) is 49.3 Å². The number of ether oxygens (including phenoxy) is 6. The molecule has 1 aromatic heterocycles. The molecule has 6 aliphatic heterocycles. The number of aliphatic hydroxyl groups is 6. The number of unbranched alkanes of at least 4 members (excludes halogenated alkanes) is 4. The molecule has 0 radical (unpaired) electrons. The van der Waals surface area contributed by atoms with Crippen LogP contribution < -0.4 is 16.0 Å². The lowest BCUT2D eigenvalue weighted by atomic mass is 9.42. The molecule has 15 rings (SSSR count). The van der Waals surface area contributed by atoms with Crippen LogP contribution in [-0.2, 0) is 52.4 Å². The van der Waals surface area contributed by atoms with Gasteiger partial charge in [-0.3, -0.25) is 14.4 Å². The molecule has 6 saturated carbocycles. The van der Waals surface area contributed by atoms with Crippen LogP contribution in [0.1, 0.15) is 204 Å². The highest BCUT2D eigenvalue weighted by Crippen LogP contribution is 2.78. The third-order valence-corrected chi connectivity index (χ3v) is 31.6. The number of allylic oxidation sites excluding steroid dienone is 2. The number of aromatic nitrogens is 2. The van der Waals surface area contributed by atoms with E-state index in [-0.39, 0.29) is 85.8 Å². The van der Waals surface area contributed by atoms with Gasteiger partial charge in [-0.05, 0) is 193 Å². The highest BCUT2D eigenvalue weighted by atomic mass is 32.2. The Morgan fingerprint density at radius 3 is 1.65 bits per heavy atom.